The maximum Gasteiger partial charge on any atom is 0.354 e. The fraction of sp³-hybridized carbons (Fsp3) is 0.424. The second kappa shape index (κ2) is 16.2. The third-order valence-electron chi connectivity index (χ3n) is 7.49. The number of aliphatic imine (C=N–C) groups is 1. The first kappa shape index (κ1) is 33.7. The summed E-state index contributed by atoms with van der Waals surface area (Å²) in [6.07, 6.45) is 9.17. The van der Waals surface area contributed by atoms with Crippen molar-refractivity contribution in [3.63, 3.8) is 0 Å². The molecular formula is C33H43ClFN7OS. The summed E-state index contributed by atoms with van der Waals surface area (Å²) in [7, 11) is 0. The van der Waals surface area contributed by atoms with Gasteiger partial charge in [-0.15, -0.1) is 0 Å². The summed E-state index contributed by atoms with van der Waals surface area (Å²) in [5, 5.41) is 4.39. The van der Waals surface area contributed by atoms with Gasteiger partial charge >= 0.3 is 5.69 Å². The van der Waals surface area contributed by atoms with E-state index in [1.807, 2.05) is 37.4 Å². The quantitative estimate of drug-likeness (QED) is 0.0640. The van der Waals surface area contributed by atoms with E-state index in [4.69, 9.17) is 23.1 Å². The number of benzene rings is 2. The highest BCUT2D eigenvalue weighted by Gasteiger charge is 2.16. The van der Waals surface area contributed by atoms with Crippen molar-refractivity contribution in [1.82, 2.24) is 19.9 Å². The largest absolute Gasteiger partial charge is 0.387 e. The summed E-state index contributed by atoms with van der Waals surface area (Å²) in [6.45, 7) is 5.67. The molecule has 8 nitrogen and oxygen atoms in total. The van der Waals surface area contributed by atoms with E-state index in [-0.39, 0.29) is 17.1 Å². The molecule has 11 heteroatoms. The highest BCUT2D eigenvalue weighted by atomic mass is 35.5. The van der Waals surface area contributed by atoms with E-state index in [9.17, 15) is 4.79 Å². The Hall–Kier alpha value is -3.18. The molecule has 0 fully saturated rings. The van der Waals surface area contributed by atoms with E-state index < -0.39 is 11.5 Å². The van der Waals surface area contributed by atoms with Crippen molar-refractivity contribution >= 4 is 40.2 Å². The Morgan fingerprint density at radius 3 is 2.68 bits per heavy atom. The number of amidine groups is 1. The van der Waals surface area contributed by atoms with E-state index in [2.05, 4.69) is 27.2 Å². The molecule has 4 rings (SSSR count). The molecule has 2 aromatic heterocycles. The molecule has 2 heterocycles. The number of aromatic nitrogens is 3. The molecule has 4 aromatic rings. The monoisotopic (exact) mass is 639 g/mol. The normalized spacial score (nSPS) is 13.5. The van der Waals surface area contributed by atoms with Crippen LogP contribution in [-0.4, -0.2) is 51.5 Å². The van der Waals surface area contributed by atoms with Crippen LogP contribution in [0.3, 0.4) is 0 Å². The van der Waals surface area contributed by atoms with Gasteiger partial charge in [0.15, 0.2) is 5.82 Å². The summed E-state index contributed by atoms with van der Waals surface area (Å²) >= 11 is 7.93. The molecule has 0 bridgehead atoms. The second-order valence-corrected chi connectivity index (χ2v) is 12.5. The van der Waals surface area contributed by atoms with Crippen molar-refractivity contribution in [2.75, 3.05) is 25.1 Å². The molecule has 0 aliphatic carbocycles. The molecule has 6 N–H and O–H groups in total. The van der Waals surface area contributed by atoms with Gasteiger partial charge in [0, 0.05) is 35.8 Å². The third-order valence-corrected chi connectivity index (χ3v) is 8.35. The first-order chi connectivity index (χ1) is 21.2. The predicted molar refractivity (Wildman–Crippen MR) is 184 cm³/mol. The van der Waals surface area contributed by atoms with Crippen molar-refractivity contribution in [3.05, 3.63) is 81.1 Å². The Kier molecular flexibility index (Phi) is 12.4. The lowest BCUT2D eigenvalue weighted by molar-refractivity contribution is 0.490. The average Bonchev–Trinajstić information content (AvgIpc) is 3.40. The van der Waals surface area contributed by atoms with Gasteiger partial charge in [-0.1, -0.05) is 37.1 Å². The van der Waals surface area contributed by atoms with Crippen LogP contribution in [0.5, 0.6) is 0 Å². The van der Waals surface area contributed by atoms with Crippen LogP contribution < -0.4 is 22.5 Å². The number of nitrogens with zero attached hydrogens (tertiary/aromatic N) is 3. The molecule has 44 heavy (non-hydrogen) atoms. The minimum absolute atomic E-state index is 0.0600. The molecule has 0 saturated heterocycles. The van der Waals surface area contributed by atoms with Crippen molar-refractivity contribution < 1.29 is 4.39 Å². The van der Waals surface area contributed by atoms with Crippen LogP contribution in [0.2, 0.25) is 5.02 Å². The van der Waals surface area contributed by atoms with Gasteiger partial charge in [-0.3, -0.25) is 9.56 Å². The van der Waals surface area contributed by atoms with Crippen molar-refractivity contribution in [2.45, 2.75) is 64.5 Å². The Morgan fingerprint density at radius 2 is 1.98 bits per heavy atom. The van der Waals surface area contributed by atoms with Gasteiger partial charge < -0.3 is 21.8 Å². The van der Waals surface area contributed by atoms with E-state index in [1.54, 1.807) is 36.2 Å². The smallest absolute Gasteiger partial charge is 0.354 e. The standard InChI is InChI=1S/C33H43ClFN7OS/c1-4-7-28(38-14-6-15-39-30(37)20-44-3)23-10-12-25(13-11-23)42-19-24-18-29(40-32(24)41-33(42)43)26-16-22(9-5-8-21(2)36)17-27(34)31(26)35/h10-13,16-19,21,28,38H,4-9,14-15,20,36H2,1-3H3,(H2,37,39)(H,40,41,43). The zero-order valence-electron chi connectivity index (χ0n) is 25.7. The molecule has 2 aromatic carbocycles. The summed E-state index contributed by atoms with van der Waals surface area (Å²) in [4.78, 5) is 24.8. The number of H-pyrrole nitrogens is 1. The number of hydrogen-bond acceptors (Lipinski definition) is 6. The summed E-state index contributed by atoms with van der Waals surface area (Å²) in [5.41, 5.74) is 15.4. The molecule has 0 spiro atoms. The van der Waals surface area contributed by atoms with Gasteiger partial charge in [0.2, 0.25) is 0 Å². The van der Waals surface area contributed by atoms with E-state index in [0.29, 0.717) is 40.4 Å². The third kappa shape index (κ3) is 8.94. The topological polar surface area (TPSA) is 127 Å². The molecule has 0 amide bonds. The molecule has 2 atom stereocenters. The first-order valence-electron chi connectivity index (χ1n) is 15.2. The number of hydrogen-bond donors (Lipinski definition) is 4. The molecular weight excluding hydrogens is 597 g/mol. The summed E-state index contributed by atoms with van der Waals surface area (Å²) < 4.78 is 16.6. The van der Waals surface area contributed by atoms with Crippen LogP contribution in [0.1, 0.15) is 63.1 Å². The van der Waals surface area contributed by atoms with Crippen LogP contribution in [0, 0.1) is 5.82 Å². The lowest BCUT2D eigenvalue weighted by Gasteiger charge is -2.19. The number of halogens is 2. The fourth-order valence-corrected chi connectivity index (χ4v) is 5.88. The number of aromatic amines is 1. The zero-order chi connectivity index (χ0) is 31.6. The molecule has 0 radical (unpaired) electrons. The van der Waals surface area contributed by atoms with Crippen LogP contribution in [-0.2, 0) is 6.42 Å². The maximum absolute atomic E-state index is 15.1. The van der Waals surface area contributed by atoms with E-state index in [0.717, 1.165) is 61.9 Å². The number of nitrogens with two attached hydrogens (primary N) is 2. The minimum Gasteiger partial charge on any atom is -0.387 e. The number of aryl methyl sites for hydroxylation is 1. The van der Waals surface area contributed by atoms with Gasteiger partial charge in [-0.05, 0) is 93.3 Å². The first-order valence-corrected chi connectivity index (χ1v) is 16.9. The maximum atomic E-state index is 15.1. The second-order valence-electron chi connectivity index (χ2n) is 11.2. The highest BCUT2D eigenvalue weighted by Crippen LogP contribution is 2.31. The number of fused-ring (bicyclic) bond motifs is 1. The van der Waals surface area contributed by atoms with Crippen LogP contribution in [0.15, 0.2) is 58.4 Å². The number of rotatable bonds is 16. The zero-order valence-corrected chi connectivity index (χ0v) is 27.3. The van der Waals surface area contributed by atoms with Crippen LogP contribution >= 0.6 is 23.4 Å². The molecule has 236 valence electrons. The Bertz CT molecular complexity index is 1620. The van der Waals surface area contributed by atoms with Crippen molar-refractivity contribution in [3.8, 4) is 16.9 Å². The Morgan fingerprint density at radius 1 is 1.20 bits per heavy atom. The van der Waals surface area contributed by atoms with Crippen LogP contribution in [0.25, 0.3) is 28.0 Å². The van der Waals surface area contributed by atoms with Gasteiger partial charge in [-0.25, -0.2) is 9.18 Å². The van der Waals surface area contributed by atoms with Gasteiger partial charge in [0.05, 0.1) is 22.2 Å². The lowest BCUT2D eigenvalue weighted by Crippen LogP contribution is -2.24. The van der Waals surface area contributed by atoms with Crippen molar-refractivity contribution in [1.29, 1.82) is 0 Å². The Balaban J connectivity index is 1.51. The summed E-state index contributed by atoms with van der Waals surface area (Å²) in [5.74, 6) is 0.931. The van der Waals surface area contributed by atoms with Gasteiger partial charge in [0.1, 0.15) is 11.5 Å². The molecule has 0 aliphatic heterocycles. The minimum atomic E-state index is -0.511. The SMILES string of the molecule is CCCC(NCCCN=C(N)CSC)c1ccc(-n2cc3cc(-c4cc(CCCC(C)N)cc(Cl)c4F)[nH]c3nc2=O)cc1. The highest BCUT2D eigenvalue weighted by molar-refractivity contribution is 7.99. The summed E-state index contributed by atoms with van der Waals surface area (Å²) in [6, 6.07) is 13.5. The molecule has 2 unspecified atom stereocenters. The molecule has 0 saturated carbocycles. The van der Waals surface area contributed by atoms with Crippen molar-refractivity contribution in [2.24, 2.45) is 16.5 Å². The predicted octanol–water partition coefficient (Wildman–Crippen LogP) is 6.38. The van der Waals surface area contributed by atoms with E-state index in [1.165, 1.54) is 4.57 Å². The number of thioether (sulfide) groups is 1. The number of nitrogens with one attached hydrogen (secondary N) is 2. The Labute approximate surface area is 267 Å². The molecule has 0 aliphatic rings. The average molecular weight is 640 g/mol. The fourth-order valence-electron chi connectivity index (χ4n) is 5.25. The van der Waals surface area contributed by atoms with E-state index >= 15 is 4.39 Å². The lowest BCUT2D eigenvalue weighted by atomic mass is 10.0. The van der Waals surface area contributed by atoms with Gasteiger partial charge in [0.25, 0.3) is 0 Å². The van der Waals surface area contributed by atoms with Crippen LogP contribution in [0.4, 0.5) is 4.39 Å². The van der Waals surface area contributed by atoms with Gasteiger partial charge in [-0.2, -0.15) is 16.7 Å².